The summed E-state index contributed by atoms with van der Waals surface area (Å²) in [5.74, 6) is -0.550. The van der Waals surface area contributed by atoms with Crippen molar-refractivity contribution >= 4 is 15.9 Å². The zero-order valence-corrected chi connectivity index (χ0v) is 14.5. The smallest absolute Gasteiger partial charge is 0.264 e. The standard InChI is InChI=1S/C18H18N2O4S/c1-2-10-24-17-5-3-4-16(11-17)18(21)20-25(22,23)13-15-8-6-14(12-19)7-9-15/h3-9,11H,2,10,13H2,1H3,(H,20,21). The molecule has 7 heteroatoms. The molecule has 0 aliphatic rings. The van der Waals surface area contributed by atoms with E-state index in [1.54, 1.807) is 24.3 Å². The van der Waals surface area contributed by atoms with Gasteiger partial charge in [0, 0.05) is 5.56 Å². The lowest BCUT2D eigenvalue weighted by Crippen LogP contribution is -2.31. The van der Waals surface area contributed by atoms with Crippen LogP contribution in [0, 0.1) is 11.3 Å². The van der Waals surface area contributed by atoms with Crippen LogP contribution >= 0.6 is 0 Å². The molecule has 2 aromatic rings. The Labute approximate surface area is 147 Å². The first-order chi connectivity index (χ1) is 11.9. The van der Waals surface area contributed by atoms with Crippen LogP contribution in [0.25, 0.3) is 0 Å². The van der Waals surface area contributed by atoms with E-state index >= 15 is 0 Å². The maximum absolute atomic E-state index is 12.2. The molecule has 0 bridgehead atoms. The van der Waals surface area contributed by atoms with Crippen molar-refractivity contribution in [3.8, 4) is 11.8 Å². The van der Waals surface area contributed by atoms with Gasteiger partial charge >= 0.3 is 0 Å². The fourth-order valence-electron chi connectivity index (χ4n) is 2.08. The van der Waals surface area contributed by atoms with E-state index in [1.165, 1.54) is 24.3 Å². The number of ether oxygens (including phenoxy) is 1. The highest BCUT2D eigenvalue weighted by molar-refractivity contribution is 7.89. The third-order valence-corrected chi connectivity index (χ3v) is 4.47. The summed E-state index contributed by atoms with van der Waals surface area (Å²) >= 11 is 0. The molecule has 0 heterocycles. The van der Waals surface area contributed by atoms with Crippen LogP contribution in [0.4, 0.5) is 0 Å². The van der Waals surface area contributed by atoms with E-state index in [9.17, 15) is 13.2 Å². The molecule has 0 aromatic heterocycles. The number of amides is 1. The molecule has 0 aliphatic heterocycles. The summed E-state index contributed by atoms with van der Waals surface area (Å²) in [5, 5.41) is 8.75. The molecule has 0 atom stereocenters. The summed E-state index contributed by atoms with van der Waals surface area (Å²) < 4.78 is 31.8. The number of carbonyl (C=O) groups excluding carboxylic acids is 1. The van der Waals surface area contributed by atoms with E-state index in [1.807, 2.05) is 17.7 Å². The maximum atomic E-state index is 12.2. The van der Waals surface area contributed by atoms with Gasteiger partial charge in [-0.25, -0.2) is 13.1 Å². The number of hydrogen-bond acceptors (Lipinski definition) is 5. The second kappa shape index (κ2) is 8.31. The predicted molar refractivity (Wildman–Crippen MR) is 93.5 cm³/mol. The lowest BCUT2D eigenvalue weighted by atomic mass is 10.2. The van der Waals surface area contributed by atoms with Crippen LogP contribution in [0.2, 0.25) is 0 Å². The average Bonchev–Trinajstić information content (AvgIpc) is 2.60. The topological polar surface area (TPSA) is 96.3 Å². The zero-order valence-electron chi connectivity index (χ0n) is 13.7. The van der Waals surface area contributed by atoms with Crippen molar-refractivity contribution in [1.82, 2.24) is 4.72 Å². The van der Waals surface area contributed by atoms with Crippen LogP contribution in [0.5, 0.6) is 5.75 Å². The van der Waals surface area contributed by atoms with Crippen LogP contribution in [0.1, 0.15) is 34.8 Å². The largest absolute Gasteiger partial charge is 0.494 e. The number of hydrogen-bond donors (Lipinski definition) is 1. The summed E-state index contributed by atoms with van der Waals surface area (Å²) in [5.41, 5.74) is 1.13. The third-order valence-electron chi connectivity index (χ3n) is 3.26. The molecule has 1 amide bonds. The van der Waals surface area contributed by atoms with Gasteiger partial charge in [0.15, 0.2) is 0 Å². The van der Waals surface area contributed by atoms with Crippen molar-refractivity contribution < 1.29 is 17.9 Å². The Morgan fingerprint density at radius 1 is 1.20 bits per heavy atom. The first-order valence-electron chi connectivity index (χ1n) is 7.70. The van der Waals surface area contributed by atoms with Gasteiger partial charge in [0.2, 0.25) is 10.0 Å². The molecular weight excluding hydrogens is 340 g/mol. The number of nitrogens with one attached hydrogen (secondary N) is 1. The van der Waals surface area contributed by atoms with Crippen LogP contribution in [-0.4, -0.2) is 20.9 Å². The normalized spacial score (nSPS) is 10.7. The molecule has 2 rings (SSSR count). The Hall–Kier alpha value is -2.85. The Bertz CT molecular complexity index is 884. The van der Waals surface area contributed by atoms with Crippen molar-refractivity contribution in [1.29, 1.82) is 5.26 Å². The summed E-state index contributed by atoms with van der Waals surface area (Å²) in [4.78, 5) is 12.2. The molecule has 0 spiro atoms. The number of nitriles is 1. The van der Waals surface area contributed by atoms with Crippen molar-refractivity contribution in [2.45, 2.75) is 19.1 Å². The summed E-state index contributed by atoms with van der Waals surface area (Å²) in [6.45, 7) is 2.48. The van der Waals surface area contributed by atoms with Gasteiger partial charge in [-0.1, -0.05) is 25.1 Å². The minimum atomic E-state index is -3.85. The minimum absolute atomic E-state index is 0.206. The first-order valence-corrected chi connectivity index (χ1v) is 9.35. The molecule has 1 N–H and O–H groups in total. The van der Waals surface area contributed by atoms with Gasteiger partial charge in [0.25, 0.3) is 5.91 Å². The van der Waals surface area contributed by atoms with Crippen molar-refractivity contribution in [2.75, 3.05) is 6.61 Å². The highest BCUT2D eigenvalue weighted by atomic mass is 32.2. The zero-order chi connectivity index (χ0) is 18.3. The summed E-state index contributed by atoms with van der Waals surface area (Å²) in [6.07, 6.45) is 0.829. The van der Waals surface area contributed by atoms with E-state index in [2.05, 4.69) is 0 Å². The van der Waals surface area contributed by atoms with E-state index in [-0.39, 0.29) is 11.3 Å². The van der Waals surface area contributed by atoms with Crippen LogP contribution in [0.15, 0.2) is 48.5 Å². The van der Waals surface area contributed by atoms with Crippen molar-refractivity contribution in [2.24, 2.45) is 0 Å². The monoisotopic (exact) mass is 358 g/mol. The van der Waals surface area contributed by atoms with Gasteiger partial charge < -0.3 is 4.74 Å². The lowest BCUT2D eigenvalue weighted by Gasteiger charge is -2.09. The van der Waals surface area contributed by atoms with Crippen LogP contribution in [-0.2, 0) is 15.8 Å². The van der Waals surface area contributed by atoms with Crippen molar-refractivity contribution in [3.63, 3.8) is 0 Å². The minimum Gasteiger partial charge on any atom is -0.494 e. The van der Waals surface area contributed by atoms with Crippen LogP contribution in [0.3, 0.4) is 0 Å². The molecule has 130 valence electrons. The van der Waals surface area contributed by atoms with Gasteiger partial charge in [-0.3, -0.25) is 4.79 Å². The lowest BCUT2D eigenvalue weighted by molar-refractivity contribution is 0.0981. The molecule has 0 saturated carbocycles. The van der Waals surface area contributed by atoms with E-state index in [0.717, 1.165) is 6.42 Å². The highest BCUT2D eigenvalue weighted by Gasteiger charge is 2.17. The molecular formula is C18H18N2O4S. The molecule has 0 fully saturated rings. The van der Waals surface area contributed by atoms with Crippen molar-refractivity contribution in [3.05, 3.63) is 65.2 Å². The molecule has 6 nitrogen and oxygen atoms in total. The molecule has 0 aliphatic carbocycles. The van der Waals surface area contributed by atoms with Gasteiger partial charge in [-0.15, -0.1) is 0 Å². The molecule has 0 saturated heterocycles. The second-order valence-electron chi connectivity index (χ2n) is 5.38. The molecule has 25 heavy (non-hydrogen) atoms. The third kappa shape index (κ3) is 5.62. The Kier molecular flexibility index (Phi) is 6.14. The number of carbonyl (C=O) groups is 1. The molecule has 0 radical (unpaired) electrons. The van der Waals surface area contributed by atoms with Gasteiger partial charge in [-0.05, 0) is 42.3 Å². The van der Waals surface area contributed by atoms with Crippen LogP contribution < -0.4 is 9.46 Å². The number of nitrogens with zero attached hydrogens (tertiary/aromatic N) is 1. The maximum Gasteiger partial charge on any atom is 0.264 e. The predicted octanol–water partition coefficient (Wildman–Crippen LogP) is 2.61. The van der Waals surface area contributed by atoms with Gasteiger partial charge in [-0.2, -0.15) is 5.26 Å². The SMILES string of the molecule is CCCOc1cccc(C(=O)NS(=O)(=O)Cc2ccc(C#N)cc2)c1. The number of sulfonamides is 1. The average molecular weight is 358 g/mol. The number of rotatable bonds is 7. The van der Waals surface area contributed by atoms with E-state index < -0.39 is 15.9 Å². The Balaban J connectivity index is 2.06. The van der Waals surface area contributed by atoms with E-state index in [4.69, 9.17) is 10.00 Å². The Morgan fingerprint density at radius 3 is 2.56 bits per heavy atom. The molecule has 2 aromatic carbocycles. The fraction of sp³-hybridized carbons (Fsp3) is 0.222. The first kappa shape index (κ1) is 18.5. The highest BCUT2D eigenvalue weighted by Crippen LogP contribution is 2.14. The molecule has 0 unspecified atom stereocenters. The van der Waals surface area contributed by atoms with Gasteiger partial charge in [0.05, 0.1) is 24.0 Å². The summed E-state index contributed by atoms with van der Waals surface area (Å²) in [7, 11) is -3.85. The van der Waals surface area contributed by atoms with E-state index in [0.29, 0.717) is 23.5 Å². The Morgan fingerprint density at radius 2 is 1.92 bits per heavy atom. The second-order valence-corrected chi connectivity index (χ2v) is 7.10. The number of benzene rings is 2. The van der Waals surface area contributed by atoms with Gasteiger partial charge in [0.1, 0.15) is 5.75 Å². The fourth-order valence-corrected chi connectivity index (χ4v) is 3.18. The quantitative estimate of drug-likeness (QED) is 0.821. The summed E-state index contributed by atoms with van der Waals surface area (Å²) in [6, 6.07) is 14.5.